The van der Waals surface area contributed by atoms with E-state index in [9.17, 15) is 9.59 Å². The standard InChI is InChI=1S/C27H22N2O4/c30-22(17-6-2-1-3-7-17)15-25(31)29-13-12-20-19-8-4-5-9-21(19)28-26(20)27(29)18-10-11-23-24(14-18)33-16-32-23/h1-11,14,27-28H,12-13,15-16H2/t27-/m1/s1. The van der Waals surface area contributed by atoms with E-state index in [0.717, 1.165) is 23.2 Å². The first kappa shape index (κ1) is 19.6. The van der Waals surface area contributed by atoms with E-state index in [4.69, 9.17) is 9.47 Å². The third kappa shape index (κ3) is 3.35. The van der Waals surface area contributed by atoms with Crippen LogP contribution in [0.4, 0.5) is 0 Å². The molecule has 1 N–H and O–H groups in total. The number of Topliss-reactive ketones (excluding diaryl/α,β-unsaturated/α-hetero) is 1. The average Bonchev–Trinajstić information content (AvgIpc) is 3.47. The lowest BCUT2D eigenvalue weighted by molar-refractivity contribution is -0.132. The van der Waals surface area contributed by atoms with Crippen molar-refractivity contribution >= 4 is 22.6 Å². The van der Waals surface area contributed by atoms with Crippen molar-refractivity contribution < 1.29 is 19.1 Å². The molecule has 2 aliphatic heterocycles. The molecule has 0 radical (unpaired) electrons. The molecule has 6 heteroatoms. The number of aromatic amines is 1. The van der Waals surface area contributed by atoms with E-state index < -0.39 is 0 Å². The van der Waals surface area contributed by atoms with Crippen LogP contribution in [-0.2, 0) is 11.2 Å². The van der Waals surface area contributed by atoms with E-state index >= 15 is 0 Å². The number of fused-ring (bicyclic) bond motifs is 4. The van der Waals surface area contributed by atoms with Gasteiger partial charge in [-0.25, -0.2) is 0 Å². The molecule has 1 atom stereocenters. The number of rotatable bonds is 4. The van der Waals surface area contributed by atoms with Crippen molar-refractivity contribution in [2.45, 2.75) is 18.9 Å². The van der Waals surface area contributed by atoms with Gasteiger partial charge >= 0.3 is 0 Å². The van der Waals surface area contributed by atoms with Gasteiger partial charge in [-0.05, 0) is 35.7 Å². The zero-order valence-electron chi connectivity index (χ0n) is 17.9. The van der Waals surface area contributed by atoms with E-state index in [1.54, 1.807) is 12.1 Å². The molecule has 0 spiro atoms. The van der Waals surface area contributed by atoms with Gasteiger partial charge < -0.3 is 19.4 Å². The minimum atomic E-state index is -0.341. The normalized spacial score (nSPS) is 16.6. The van der Waals surface area contributed by atoms with E-state index in [-0.39, 0.29) is 30.9 Å². The van der Waals surface area contributed by atoms with Gasteiger partial charge in [-0.2, -0.15) is 0 Å². The number of H-pyrrole nitrogens is 1. The third-order valence-electron chi connectivity index (χ3n) is 6.47. The van der Waals surface area contributed by atoms with Crippen molar-refractivity contribution in [1.29, 1.82) is 0 Å². The summed E-state index contributed by atoms with van der Waals surface area (Å²) in [6.07, 6.45) is 0.562. The van der Waals surface area contributed by atoms with Crippen LogP contribution in [-0.4, -0.2) is 34.9 Å². The number of nitrogens with one attached hydrogen (secondary N) is 1. The monoisotopic (exact) mass is 438 g/mol. The number of ketones is 1. The Bertz CT molecular complexity index is 1380. The Hall–Kier alpha value is -4.06. The summed E-state index contributed by atoms with van der Waals surface area (Å²) in [7, 11) is 0. The van der Waals surface area contributed by atoms with Gasteiger partial charge in [0.1, 0.15) is 0 Å². The summed E-state index contributed by atoms with van der Waals surface area (Å²) in [5.74, 6) is 1.01. The van der Waals surface area contributed by atoms with Crippen LogP contribution < -0.4 is 9.47 Å². The van der Waals surface area contributed by atoms with Crippen LogP contribution in [0.25, 0.3) is 10.9 Å². The quantitative estimate of drug-likeness (QED) is 0.372. The van der Waals surface area contributed by atoms with Gasteiger partial charge in [0.25, 0.3) is 0 Å². The largest absolute Gasteiger partial charge is 0.454 e. The first-order chi connectivity index (χ1) is 16.2. The molecule has 0 saturated heterocycles. The number of hydrogen-bond donors (Lipinski definition) is 1. The summed E-state index contributed by atoms with van der Waals surface area (Å²) >= 11 is 0. The highest BCUT2D eigenvalue weighted by atomic mass is 16.7. The molecule has 6 rings (SSSR count). The molecule has 2 aliphatic rings. The number of carbonyl (C=O) groups is 2. The van der Waals surface area contributed by atoms with E-state index in [0.29, 0.717) is 23.6 Å². The molecule has 4 aromatic rings. The first-order valence-corrected chi connectivity index (χ1v) is 11.1. The molecule has 0 bridgehead atoms. The van der Waals surface area contributed by atoms with Gasteiger partial charge in [0, 0.05) is 28.7 Å². The maximum Gasteiger partial charge on any atom is 0.231 e. The van der Waals surface area contributed by atoms with Gasteiger partial charge in [0.2, 0.25) is 12.7 Å². The Morgan fingerprint density at radius 3 is 2.61 bits per heavy atom. The second-order valence-electron chi connectivity index (χ2n) is 8.38. The molecule has 1 amide bonds. The zero-order chi connectivity index (χ0) is 22.4. The summed E-state index contributed by atoms with van der Waals surface area (Å²) < 4.78 is 11.1. The summed E-state index contributed by atoms with van der Waals surface area (Å²) in [6, 6.07) is 22.6. The molecule has 0 saturated carbocycles. The molecule has 33 heavy (non-hydrogen) atoms. The second-order valence-corrected chi connectivity index (χ2v) is 8.38. The summed E-state index contributed by atoms with van der Waals surface area (Å²) in [5.41, 5.74) is 4.72. The second kappa shape index (κ2) is 7.81. The van der Waals surface area contributed by atoms with E-state index in [2.05, 4.69) is 17.1 Å². The lowest BCUT2D eigenvalue weighted by Crippen LogP contribution is -2.41. The smallest absolute Gasteiger partial charge is 0.231 e. The maximum absolute atomic E-state index is 13.5. The molecule has 0 aliphatic carbocycles. The Labute approximate surface area is 190 Å². The number of carbonyl (C=O) groups excluding carboxylic acids is 2. The molecule has 0 unspecified atom stereocenters. The number of para-hydroxylation sites is 1. The minimum absolute atomic E-state index is 0.166. The zero-order valence-corrected chi connectivity index (χ0v) is 17.9. The fraction of sp³-hybridized carbons (Fsp3) is 0.185. The Balaban J connectivity index is 1.41. The van der Waals surface area contributed by atoms with E-state index in [1.807, 2.05) is 53.4 Å². The van der Waals surface area contributed by atoms with Crippen molar-refractivity contribution in [3.63, 3.8) is 0 Å². The average molecular weight is 438 g/mol. The van der Waals surface area contributed by atoms with Crippen LogP contribution in [0.5, 0.6) is 11.5 Å². The third-order valence-corrected chi connectivity index (χ3v) is 6.47. The number of hydrogen-bond acceptors (Lipinski definition) is 4. The number of ether oxygens (including phenoxy) is 2. The van der Waals surface area contributed by atoms with Gasteiger partial charge in [0.05, 0.1) is 12.5 Å². The predicted molar refractivity (Wildman–Crippen MR) is 124 cm³/mol. The number of nitrogens with zero attached hydrogens (tertiary/aromatic N) is 1. The molecular weight excluding hydrogens is 416 g/mol. The number of amides is 1. The Kier molecular flexibility index (Phi) is 4.64. The van der Waals surface area contributed by atoms with Crippen LogP contribution in [0.1, 0.15) is 39.6 Å². The van der Waals surface area contributed by atoms with Crippen LogP contribution in [0.15, 0.2) is 72.8 Å². The lowest BCUT2D eigenvalue weighted by Gasteiger charge is -2.36. The summed E-state index contributed by atoms with van der Waals surface area (Å²) in [4.78, 5) is 31.6. The summed E-state index contributed by atoms with van der Waals surface area (Å²) in [5, 5.41) is 1.17. The fourth-order valence-electron chi connectivity index (χ4n) is 4.90. The molecule has 0 fully saturated rings. The van der Waals surface area contributed by atoms with Crippen LogP contribution in [0.2, 0.25) is 0 Å². The highest BCUT2D eigenvalue weighted by molar-refractivity contribution is 6.07. The molecule has 3 heterocycles. The highest BCUT2D eigenvalue weighted by Gasteiger charge is 2.35. The number of benzene rings is 3. The van der Waals surface area contributed by atoms with Crippen molar-refractivity contribution in [2.24, 2.45) is 0 Å². The van der Waals surface area contributed by atoms with Gasteiger partial charge in [0.15, 0.2) is 17.3 Å². The van der Waals surface area contributed by atoms with Crippen molar-refractivity contribution in [1.82, 2.24) is 9.88 Å². The van der Waals surface area contributed by atoms with Crippen molar-refractivity contribution in [2.75, 3.05) is 13.3 Å². The lowest BCUT2D eigenvalue weighted by atomic mass is 9.91. The maximum atomic E-state index is 13.5. The van der Waals surface area contributed by atoms with E-state index in [1.165, 1.54) is 10.9 Å². The van der Waals surface area contributed by atoms with Gasteiger partial charge in [-0.3, -0.25) is 9.59 Å². The fourth-order valence-corrected chi connectivity index (χ4v) is 4.90. The van der Waals surface area contributed by atoms with Crippen molar-refractivity contribution in [3.8, 4) is 11.5 Å². The molecule has 1 aromatic heterocycles. The minimum Gasteiger partial charge on any atom is -0.454 e. The van der Waals surface area contributed by atoms with Gasteiger partial charge in [-0.1, -0.05) is 54.6 Å². The topological polar surface area (TPSA) is 71.6 Å². The SMILES string of the molecule is O=C(CC(=O)N1CCc2c([nH]c3ccccc23)[C@H]1c1ccc2c(c1)OCO2)c1ccccc1. The van der Waals surface area contributed by atoms with Crippen LogP contribution in [0.3, 0.4) is 0 Å². The molecule has 164 valence electrons. The predicted octanol–water partition coefficient (Wildman–Crippen LogP) is 4.64. The number of aromatic nitrogens is 1. The summed E-state index contributed by atoms with van der Waals surface area (Å²) in [6.45, 7) is 0.726. The van der Waals surface area contributed by atoms with Gasteiger partial charge in [-0.15, -0.1) is 0 Å². The molecule has 3 aromatic carbocycles. The molecule has 6 nitrogen and oxygen atoms in total. The van der Waals surface area contributed by atoms with Crippen LogP contribution >= 0.6 is 0 Å². The Morgan fingerprint density at radius 2 is 1.73 bits per heavy atom. The first-order valence-electron chi connectivity index (χ1n) is 11.1. The highest BCUT2D eigenvalue weighted by Crippen LogP contribution is 2.42. The van der Waals surface area contributed by atoms with Crippen LogP contribution in [0, 0.1) is 0 Å². The Morgan fingerprint density at radius 1 is 0.939 bits per heavy atom. The molecular formula is C27H22N2O4. The van der Waals surface area contributed by atoms with Crippen molar-refractivity contribution in [3.05, 3.63) is 95.2 Å².